The van der Waals surface area contributed by atoms with E-state index in [4.69, 9.17) is 4.74 Å². The fourth-order valence-electron chi connectivity index (χ4n) is 3.98. The number of hydrogen-bond donors (Lipinski definition) is 0. The molecule has 0 aliphatic carbocycles. The van der Waals surface area contributed by atoms with Crippen molar-refractivity contribution in [1.82, 2.24) is 0 Å². The molecule has 0 aromatic heterocycles. The van der Waals surface area contributed by atoms with Crippen LogP contribution in [0.25, 0.3) is 0 Å². The standard InChI is InChI=1S/C42H62O3/c1-3-5-7-9-11-13-15-17-19-21-23-25-27-29-31-33-35-37-41(43)38-39-42(44)45-40-36-34-32-30-28-26-24-22-20-18-16-14-12-10-8-6-4-2/h5-8,11-14,17-20,23-26,29-32H,3-4,9-10,15-16,21-22,27-28,33-40H2,1-2H3. The highest BCUT2D eigenvalue weighted by molar-refractivity contribution is 5.82. The summed E-state index contributed by atoms with van der Waals surface area (Å²) in [5.74, 6) is -0.136. The molecule has 0 radical (unpaired) electrons. The van der Waals surface area contributed by atoms with E-state index in [0.29, 0.717) is 13.0 Å². The first kappa shape index (κ1) is 41.5. The molecule has 0 saturated heterocycles. The maximum atomic E-state index is 12.1. The van der Waals surface area contributed by atoms with Gasteiger partial charge in [0.15, 0.2) is 0 Å². The van der Waals surface area contributed by atoms with Crippen molar-refractivity contribution in [2.24, 2.45) is 0 Å². The lowest BCUT2D eigenvalue weighted by Crippen LogP contribution is -2.08. The second-order valence-electron chi connectivity index (χ2n) is 10.7. The quantitative estimate of drug-likeness (QED) is 0.0478. The van der Waals surface area contributed by atoms with Crippen LogP contribution in [0, 0.1) is 0 Å². The van der Waals surface area contributed by atoms with Crippen LogP contribution in [0.4, 0.5) is 0 Å². The summed E-state index contributed by atoms with van der Waals surface area (Å²) in [6.07, 6.45) is 58.0. The van der Waals surface area contributed by atoms with Gasteiger partial charge in [-0.15, -0.1) is 0 Å². The molecule has 0 bridgehead atoms. The molecular formula is C42H62O3. The molecule has 0 amide bonds. The van der Waals surface area contributed by atoms with Crippen molar-refractivity contribution in [3.05, 3.63) is 122 Å². The molecule has 3 heteroatoms. The summed E-state index contributed by atoms with van der Waals surface area (Å²) in [6.45, 7) is 4.71. The molecule has 248 valence electrons. The second kappa shape index (κ2) is 36.7. The van der Waals surface area contributed by atoms with Crippen LogP contribution in [0.3, 0.4) is 0 Å². The lowest BCUT2D eigenvalue weighted by molar-refractivity contribution is -0.144. The van der Waals surface area contributed by atoms with Crippen molar-refractivity contribution in [2.75, 3.05) is 6.61 Å². The number of carbonyl (C=O) groups is 2. The van der Waals surface area contributed by atoms with Gasteiger partial charge in [0, 0.05) is 12.8 Å². The van der Waals surface area contributed by atoms with Crippen molar-refractivity contribution in [1.29, 1.82) is 0 Å². The van der Waals surface area contributed by atoms with Crippen molar-refractivity contribution in [2.45, 2.75) is 123 Å². The molecule has 0 aliphatic heterocycles. The van der Waals surface area contributed by atoms with Crippen molar-refractivity contribution in [3.8, 4) is 0 Å². The average molecular weight is 615 g/mol. The summed E-state index contributed by atoms with van der Waals surface area (Å²) >= 11 is 0. The van der Waals surface area contributed by atoms with E-state index >= 15 is 0 Å². The number of unbranched alkanes of at least 4 members (excludes halogenated alkanes) is 2. The van der Waals surface area contributed by atoms with Gasteiger partial charge >= 0.3 is 5.97 Å². The van der Waals surface area contributed by atoms with Gasteiger partial charge in [0.2, 0.25) is 0 Å². The number of ketones is 1. The molecule has 45 heavy (non-hydrogen) atoms. The van der Waals surface area contributed by atoms with Crippen LogP contribution in [-0.4, -0.2) is 18.4 Å². The van der Waals surface area contributed by atoms with Crippen LogP contribution >= 0.6 is 0 Å². The van der Waals surface area contributed by atoms with E-state index in [2.05, 4.69) is 135 Å². The van der Waals surface area contributed by atoms with E-state index < -0.39 is 0 Å². The lowest BCUT2D eigenvalue weighted by Gasteiger charge is -2.03. The minimum absolute atomic E-state index is 0.137. The van der Waals surface area contributed by atoms with Crippen LogP contribution in [0.5, 0.6) is 0 Å². The molecule has 0 heterocycles. The van der Waals surface area contributed by atoms with Crippen molar-refractivity contribution in [3.63, 3.8) is 0 Å². The number of ether oxygens (including phenoxy) is 1. The first-order chi connectivity index (χ1) is 22.2. The predicted octanol–water partition coefficient (Wildman–Crippen LogP) is 12.3. The van der Waals surface area contributed by atoms with E-state index in [-0.39, 0.29) is 24.6 Å². The Kier molecular flexibility index (Phi) is 33.9. The third-order valence-electron chi connectivity index (χ3n) is 6.53. The Hall–Kier alpha value is -3.46. The van der Waals surface area contributed by atoms with E-state index in [1.807, 2.05) is 0 Å². The van der Waals surface area contributed by atoms with Crippen LogP contribution in [-0.2, 0) is 14.3 Å². The van der Waals surface area contributed by atoms with E-state index in [9.17, 15) is 9.59 Å². The number of Topliss-reactive ketones (excluding diaryl/α,β-unsaturated/α-hetero) is 1. The van der Waals surface area contributed by atoms with Crippen LogP contribution in [0.2, 0.25) is 0 Å². The van der Waals surface area contributed by atoms with Gasteiger partial charge in [0.05, 0.1) is 13.0 Å². The SMILES string of the molecule is CCC=CCC=CCC=CCC=CCC=CCCCOC(=O)CCC(=O)CCCC=CCC=CCC=CCC=CCC=CCC. The largest absolute Gasteiger partial charge is 0.466 e. The molecule has 0 aromatic carbocycles. The zero-order valence-electron chi connectivity index (χ0n) is 28.5. The summed E-state index contributed by atoms with van der Waals surface area (Å²) in [5, 5.41) is 0. The summed E-state index contributed by atoms with van der Waals surface area (Å²) in [6, 6.07) is 0. The Morgan fingerprint density at radius 1 is 0.400 bits per heavy atom. The molecule has 0 aliphatic rings. The molecule has 0 spiro atoms. The fourth-order valence-corrected chi connectivity index (χ4v) is 3.98. The van der Waals surface area contributed by atoms with Gasteiger partial charge < -0.3 is 4.74 Å². The Bertz CT molecular complexity index is 995. The lowest BCUT2D eigenvalue weighted by atomic mass is 10.1. The number of carbonyl (C=O) groups excluding carboxylic acids is 2. The smallest absolute Gasteiger partial charge is 0.306 e. The van der Waals surface area contributed by atoms with E-state index in [1.54, 1.807) is 0 Å². The van der Waals surface area contributed by atoms with Crippen molar-refractivity contribution < 1.29 is 14.3 Å². The minimum atomic E-state index is -0.273. The summed E-state index contributed by atoms with van der Waals surface area (Å²) in [4.78, 5) is 24.0. The van der Waals surface area contributed by atoms with E-state index in [1.165, 1.54) is 0 Å². The van der Waals surface area contributed by atoms with Crippen LogP contribution in [0.1, 0.15) is 123 Å². The Morgan fingerprint density at radius 2 is 0.733 bits per heavy atom. The van der Waals surface area contributed by atoms with Gasteiger partial charge in [-0.3, -0.25) is 9.59 Å². The second-order valence-corrected chi connectivity index (χ2v) is 10.7. The highest BCUT2D eigenvalue weighted by Gasteiger charge is 2.07. The molecule has 0 fully saturated rings. The highest BCUT2D eigenvalue weighted by Crippen LogP contribution is 2.05. The first-order valence-corrected chi connectivity index (χ1v) is 17.4. The third kappa shape index (κ3) is 36.6. The average Bonchev–Trinajstić information content (AvgIpc) is 3.04. The van der Waals surface area contributed by atoms with Gasteiger partial charge in [0.1, 0.15) is 5.78 Å². The molecular weight excluding hydrogens is 552 g/mol. The molecule has 0 rings (SSSR count). The topological polar surface area (TPSA) is 43.4 Å². The molecule has 0 aromatic rings. The third-order valence-corrected chi connectivity index (χ3v) is 6.53. The number of allylic oxidation sites excluding steroid dienone is 20. The molecule has 0 N–H and O–H groups in total. The normalized spacial score (nSPS) is 13.1. The Labute approximate surface area is 276 Å². The minimum Gasteiger partial charge on any atom is -0.466 e. The molecule has 0 saturated carbocycles. The molecule has 3 nitrogen and oxygen atoms in total. The Balaban J connectivity index is 3.63. The fraction of sp³-hybridized carbons (Fsp3) is 0.476. The van der Waals surface area contributed by atoms with Gasteiger partial charge in [0.25, 0.3) is 0 Å². The summed E-state index contributed by atoms with van der Waals surface area (Å²) in [5.41, 5.74) is 0. The summed E-state index contributed by atoms with van der Waals surface area (Å²) in [7, 11) is 0. The predicted molar refractivity (Wildman–Crippen MR) is 197 cm³/mol. The van der Waals surface area contributed by atoms with Gasteiger partial charge in [-0.25, -0.2) is 0 Å². The summed E-state index contributed by atoms with van der Waals surface area (Å²) < 4.78 is 5.27. The zero-order chi connectivity index (χ0) is 32.7. The maximum absolute atomic E-state index is 12.1. The van der Waals surface area contributed by atoms with Crippen molar-refractivity contribution >= 4 is 11.8 Å². The molecule has 0 unspecified atom stereocenters. The molecule has 0 atom stereocenters. The van der Waals surface area contributed by atoms with Crippen LogP contribution < -0.4 is 0 Å². The monoisotopic (exact) mass is 614 g/mol. The number of rotatable bonds is 29. The number of esters is 1. The Morgan fingerprint density at radius 3 is 1.11 bits per heavy atom. The van der Waals surface area contributed by atoms with Gasteiger partial charge in [-0.2, -0.15) is 0 Å². The first-order valence-electron chi connectivity index (χ1n) is 17.4. The van der Waals surface area contributed by atoms with Gasteiger partial charge in [-0.05, 0) is 89.9 Å². The van der Waals surface area contributed by atoms with Gasteiger partial charge in [-0.1, -0.05) is 135 Å². The zero-order valence-corrected chi connectivity index (χ0v) is 28.5. The van der Waals surface area contributed by atoms with Crippen LogP contribution in [0.15, 0.2) is 122 Å². The number of hydrogen-bond acceptors (Lipinski definition) is 3. The maximum Gasteiger partial charge on any atom is 0.306 e. The van der Waals surface area contributed by atoms with E-state index in [0.717, 1.165) is 89.9 Å². The highest BCUT2D eigenvalue weighted by atomic mass is 16.5.